The van der Waals surface area contributed by atoms with Gasteiger partial charge in [0.1, 0.15) is 10.7 Å². The highest BCUT2D eigenvalue weighted by molar-refractivity contribution is 7.80. The average Bonchev–Trinajstić information content (AvgIpc) is 2.40. The second kappa shape index (κ2) is 6.11. The molecule has 2 rings (SSSR count). The molecule has 5 heteroatoms. The molecule has 0 saturated carbocycles. The molecule has 0 aromatic heterocycles. The minimum Gasteiger partial charge on any atom is -0.495 e. The van der Waals surface area contributed by atoms with Crippen molar-refractivity contribution in [2.75, 3.05) is 12.4 Å². The Bertz CT molecular complexity index is 658. The molecule has 104 valence electrons. The van der Waals surface area contributed by atoms with Crippen LogP contribution in [0.4, 0.5) is 11.4 Å². The van der Waals surface area contributed by atoms with Crippen LogP contribution in [0.1, 0.15) is 11.1 Å². The lowest BCUT2D eigenvalue weighted by atomic mass is 10.1. The van der Waals surface area contributed by atoms with E-state index in [2.05, 4.69) is 5.32 Å². The van der Waals surface area contributed by atoms with Crippen molar-refractivity contribution in [1.29, 1.82) is 0 Å². The van der Waals surface area contributed by atoms with Gasteiger partial charge in [-0.2, -0.15) is 0 Å². The van der Waals surface area contributed by atoms with Crippen molar-refractivity contribution in [2.45, 2.75) is 6.92 Å². The third-order valence-corrected chi connectivity index (χ3v) is 3.46. The van der Waals surface area contributed by atoms with Crippen LogP contribution >= 0.6 is 23.8 Å². The summed E-state index contributed by atoms with van der Waals surface area (Å²) in [7, 11) is 1.59. The van der Waals surface area contributed by atoms with Gasteiger partial charge in [0.05, 0.1) is 12.1 Å². The van der Waals surface area contributed by atoms with Crippen LogP contribution in [0.15, 0.2) is 36.4 Å². The van der Waals surface area contributed by atoms with E-state index in [9.17, 15) is 0 Å². The normalized spacial score (nSPS) is 10.2. The summed E-state index contributed by atoms with van der Waals surface area (Å²) in [6.45, 7) is 1.97. The van der Waals surface area contributed by atoms with Crippen molar-refractivity contribution in [3.05, 3.63) is 52.5 Å². The number of anilines is 2. The van der Waals surface area contributed by atoms with E-state index in [0.717, 1.165) is 22.5 Å². The summed E-state index contributed by atoms with van der Waals surface area (Å²) in [5.41, 5.74) is 9.42. The maximum Gasteiger partial charge on any atom is 0.139 e. The lowest BCUT2D eigenvalue weighted by Gasteiger charge is -2.11. The van der Waals surface area contributed by atoms with Crippen molar-refractivity contribution < 1.29 is 4.74 Å². The molecule has 0 bridgehead atoms. The van der Waals surface area contributed by atoms with Crippen molar-refractivity contribution in [1.82, 2.24) is 0 Å². The van der Waals surface area contributed by atoms with E-state index in [1.807, 2.05) is 37.3 Å². The van der Waals surface area contributed by atoms with E-state index < -0.39 is 0 Å². The van der Waals surface area contributed by atoms with Crippen molar-refractivity contribution in [3.63, 3.8) is 0 Å². The molecule has 0 aliphatic rings. The van der Waals surface area contributed by atoms with Crippen molar-refractivity contribution in [2.24, 2.45) is 5.73 Å². The second-order valence-electron chi connectivity index (χ2n) is 4.37. The topological polar surface area (TPSA) is 47.3 Å². The maximum atomic E-state index is 6.00. The lowest BCUT2D eigenvalue weighted by Crippen LogP contribution is -2.11. The largest absolute Gasteiger partial charge is 0.495 e. The van der Waals surface area contributed by atoms with Crippen LogP contribution in [0.5, 0.6) is 5.75 Å². The molecule has 3 N–H and O–H groups in total. The van der Waals surface area contributed by atoms with E-state index in [-0.39, 0.29) is 0 Å². The van der Waals surface area contributed by atoms with Gasteiger partial charge in [0.2, 0.25) is 0 Å². The highest BCUT2D eigenvalue weighted by Gasteiger charge is 2.05. The first-order chi connectivity index (χ1) is 9.51. The van der Waals surface area contributed by atoms with Crippen LogP contribution in [-0.4, -0.2) is 12.1 Å². The van der Waals surface area contributed by atoms with Crippen LogP contribution in [-0.2, 0) is 0 Å². The second-order valence-corrected chi connectivity index (χ2v) is 5.22. The van der Waals surface area contributed by atoms with Gasteiger partial charge < -0.3 is 15.8 Å². The number of hydrogen-bond donors (Lipinski definition) is 2. The summed E-state index contributed by atoms with van der Waals surface area (Å²) < 4.78 is 5.19. The van der Waals surface area contributed by atoms with Gasteiger partial charge in [0.15, 0.2) is 0 Å². The molecule has 0 atom stereocenters. The summed E-state index contributed by atoms with van der Waals surface area (Å²) in [5.74, 6) is 0.633. The number of aryl methyl sites for hydroxylation is 1. The van der Waals surface area contributed by atoms with E-state index >= 15 is 0 Å². The number of thiocarbonyl (C=S) groups is 1. The smallest absolute Gasteiger partial charge is 0.139 e. The molecule has 3 nitrogen and oxygen atoms in total. The number of hydrogen-bond acceptors (Lipinski definition) is 3. The lowest BCUT2D eigenvalue weighted by molar-refractivity contribution is 0.415. The molecule has 2 aromatic carbocycles. The van der Waals surface area contributed by atoms with Crippen LogP contribution in [0.3, 0.4) is 0 Å². The number of halogens is 1. The molecule has 0 amide bonds. The minimum atomic E-state index is 0.405. The molecule has 0 spiro atoms. The van der Waals surface area contributed by atoms with Crippen LogP contribution in [0.2, 0.25) is 5.02 Å². The summed E-state index contributed by atoms with van der Waals surface area (Å²) in [6.07, 6.45) is 0. The molecule has 0 aliphatic carbocycles. The molecule has 2 aromatic rings. The number of nitrogens with one attached hydrogen (secondary N) is 1. The zero-order valence-corrected chi connectivity index (χ0v) is 12.8. The fourth-order valence-corrected chi connectivity index (χ4v) is 2.35. The minimum absolute atomic E-state index is 0.405. The van der Waals surface area contributed by atoms with Crippen LogP contribution in [0.25, 0.3) is 0 Å². The van der Waals surface area contributed by atoms with Crippen molar-refractivity contribution >= 4 is 40.2 Å². The Labute approximate surface area is 128 Å². The fraction of sp³-hybridized carbons (Fsp3) is 0.133. The number of rotatable bonds is 4. The number of ether oxygens (including phenoxy) is 1. The molecule has 0 unspecified atom stereocenters. The first-order valence-electron chi connectivity index (χ1n) is 6.02. The van der Waals surface area contributed by atoms with Gasteiger partial charge >= 0.3 is 0 Å². The summed E-state index contributed by atoms with van der Waals surface area (Å²) >= 11 is 11.0. The summed E-state index contributed by atoms with van der Waals surface area (Å²) in [5, 5.41) is 3.87. The number of methoxy groups -OCH3 is 1. The predicted molar refractivity (Wildman–Crippen MR) is 88.4 cm³/mol. The maximum absolute atomic E-state index is 6.00. The molecule has 20 heavy (non-hydrogen) atoms. The fourth-order valence-electron chi connectivity index (χ4n) is 1.92. The quantitative estimate of drug-likeness (QED) is 0.837. The summed E-state index contributed by atoms with van der Waals surface area (Å²) in [6, 6.07) is 11.4. The van der Waals surface area contributed by atoms with E-state index in [1.54, 1.807) is 13.2 Å². The average molecular weight is 307 g/mol. The number of benzene rings is 2. The van der Waals surface area contributed by atoms with Gasteiger partial charge in [-0.1, -0.05) is 23.8 Å². The van der Waals surface area contributed by atoms with E-state index in [4.69, 9.17) is 34.3 Å². The van der Waals surface area contributed by atoms with Gasteiger partial charge in [-0.25, -0.2) is 0 Å². The number of nitrogens with two attached hydrogens (primary N) is 1. The first kappa shape index (κ1) is 14.6. The Morgan fingerprint density at radius 2 is 1.85 bits per heavy atom. The molecule has 0 fully saturated rings. The van der Waals surface area contributed by atoms with Gasteiger partial charge in [0, 0.05) is 23.0 Å². The first-order valence-corrected chi connectivity index (χ1v) is 6.81. The predicted octanol–water partition coefficient (Wildman–Crippen LogP) is 4.03. The summed E-state index contributed by atoms with van der Waals surface area (Å²) in [4.78, 5) is 0.405. The molecule has 0 saturated heterocycles. The molecular formula is C15H15ClN2OS. The third-order valence-electron chi connectivity index (χ3n) is 2.93. The standard InChI is InChI=1S/C15H15ClN2OS/c1-9-7-10(3-5-12(9)15(17)20)18-11-4-6-13(16)14(8-11)19-2/h3-8,18H,1-2H3,(H2,17,20). The molecular weight excluding hydrogens is 292 g/mol. The Morgan fingerprint density at radius 1 is 1.20 bits per heavy atom. The molecule has 0 heterocycles. The van der Waals surface area contributed by atoms with E-state index in [0.29, 0.717) is 15.8 Å². The molecule has 0 aliphatic heterocycles. The van der Waals surface area contributed by atoms with Gasteiger partial charge in [-0.05, 0) is 42.8 Å². The Hall–Kier alpha value is -1.78. The van der Waals surface area contributed by atoms with Gasteiger partial charge in [-0.3, -0.25) is 0 Å². The van der Waals surface area contributed by atoms with Crippen molar-refractivity contribution in [3.8, 4) is 5.75 Å². The Morgan fingerprint density at radius 3 is 2.45 bits per heavy atom. The zero-order chi connectivity index (χ0) is 14.7. The van der Waals surface area contributed by atoms with Gasteiger partial charge in [-0.15, -0.1) is 0 Å². The van der Waals surface area contributed by atoms with E-state index in [1.165, 1.54) is 0 Å². The SMILES string of the molecule is COc1cc(Nc2ccc(C(N)=S)c(C)c2)ccc1Cl. The monoisotopic (exact) mass is 306 g/mol. The molecule has 0 radical (unpaired) electrons. The third kappa shape index (κ3) is 3.21. The Kier molecular flexibility index (Phi) is 4.47. The highest BCUT2D eigenvalue weighted by Crippen LogP contribution is 2.29. The zero-order valence-electron chi connectivity index (χ0n) is 11.2. The van der Waals surface area contributed by atoms with Crippen LogP contribution < -0.4 is 15.8 Å². The van der Waals surface area contributed by atoms with Crippen LogP contribution in [0, 0.1) is 6.92 Å². The van der Waals surface area contributed by atoms with Gasteiger partial charge in [0.25, 0.3) is 0 Å². The highest BCUT2D eigenvalue weighted by atomic mass is 35.5. The Balaban J connectivity index is 2.26.